The molecular formula is C15H33N3O. The molecule has 1 saturated carbocycles. The topological polar surface area (TPSA) is 27.7 Å². The number of methoxy groups -OCH3 is 1. The number of hydrogen-bond acceptors (Lipinski definition) is 4. The van der Waals surface area contributed by atoms with Gasteiger partial charge in [0.15, 0.2) is 0 Å². The van der Waals surface area contributed by atoms with Crippen molar-refractivity contribution in [1.29, 1.82) is 0 Å². The van der Waals surface area contributed by atoms with E-state index in [1.807, 2.05) is 0 Å². The SMILES string of the molecule is COCCCNCC(C)N(C)CC1(N(C)C)CCC1. The Morgan fingerprint density at radius 1 is 1.26 bits per heavy atom. The Bertz CT molecular complexity index is 242. The minimum Gasteiger partial charge on any atom is -0.385 e. The van der Waals surface area contributed by atoms with Crippen molar-refractivity contribution in [1.82, 2.24) is 15.1 Å². The van der Waals surface area contributed by atoms with Crippen molar-refractivity contribution in [3.63, 3.8) is 0 Å². The van der Waals surface area contributed by atoms with Crippen molar-refractivity contribution >= 4 is 0 Å². The summed E-state index contributed by atoms with van der Waals surface area (Å²) in [6.07, 6.45) is 5.17. The van der Waals surface area contributed by atoms with Crippen molar-refractivity contribution in [3.05, 3.63) is 0 Å². The third kappa shape index (κ3) is 5.03. The summed E-state index contributed by atoms with van der Waals surface area (Å²) in [5.74, 6) is 0. The van der Waals surface area contributed by atoms with Crippen LogP contribution in [0.2, 0.25) is 0 Å². The number of rotatable bonds is 10. The van der Waals surface area contributed by atoms with Crippen LogP contribution in [0.5, 0.6) is 0 Å². The molecule has 0 aromatic heterocycles. The van der Waals surface area contributed by atoms with Gasteiger partial charge in [-0.3, -0.25) is 0 Å². The van der Waals surface area contributed by atoms with Gasteiger partial charge >= 0.3 is 0 Å². The summed E-state index contributed by atoms with van der Waals surface area (Å²) in [6.45, 7) is 6.45. The molecule has 0 aliphatic heterocycles. The minimum absolute atomic E-state index is 0.430. The van der Waals surface area contributed by atoms with E-state index in [4.69, 9.17) is 4.74 Å². The maximum Gasteiger partial charge on any atom is 0.0474 e. The lowest BCUT2D eigenvalue weighted by molar-refractivity contribution is 0.0182. The summed E-state index contributed by atoms with van der Waals surface area (Å²) >= 11 is 0. The molecule has 4 heteroatoms. The molecule has 1 atom stereocenters. The van der Waals surface area contributed by atoms with Gasteiger partial charge in [0.2, 0.25) is 0 Å². The maximum absolute atomic E-state index is 5.05. The van der Waals surface area contributed by atoms with Crippen LogP contribution in [-0.4, -0.2) is 75.9 Å². The molecule has 0 aromatic rings. The van der Waals surface area contributed by atoms with Gasteiger partial charge in [0.25, 0.3) is 0 Å². The molecule has 0 saturated heterocycles. The van der Waals surface area contributed by atoms with Crippen LogP contribution < -0.4 is 5.32 Å². The predicted octanol–water partition coefficient (Wildman–Crippen LogP) is 1.42. The first-order chi connectivity index (χ1) is 9.02. The van der Waals surface area contributed by atoms with Gasteiger partial charge in [-0.1, -0.05) is 0 Å². The summed E-state index contributed by atoms with van der Waals surface area (Å²) in [6, 6.07) is 0.583. The first-order valence-electron chi connectivity index (χ1n) is 7.59. The first-order valence-corrected chi connectivity index (χ1v) is 7.59. The molecule has 1 unspecified atom stereocenters. The quantitative estimate of drug-likeness (QED) is 0.608. The zero-order valence-corrected chi connectivity index (χ0v) is 13.5. The van der Waals surface area contributed by atoms with Gasteiger partial charge in [-0.05, 0) is 60.3 Å². The number of nitrogens with one attached hydrogen (secondary N) is 1. The Morgan fingerprint density at radius 3 is 2.42 bits per heavy atom. The molecule has 1 N–H and O–H groups in total. The third-order valence-corrected chi connectivity index (χ3v) is 4.67. The lowest BCUT2D eigenvalue weighted by Gasteiger charge is -2.50. The molecule has 0 amide bonds. The average molecular weight is 271 g/mol. The standard InChI is InChI=1S/C15H33N3O/c1-14(12-16-10-7-11-19-5)18(4)13-15(17(2)3)8-6-9-15/h14,16H,6-13H2,1-5H3. The summed E-state index contributed by atoms with van der Waals surface area (Å²) in [5, 5.41) is 3.52. The Labute approximate surface area is 119 Å². The van der Waals surface area contributed by atoms with E-state index in [2.05, 4.69) is 43.2 Å². The molecular weight excluding hydrogens is 238 g/mol. The van der Waals surface area contributed by atoms with E-state index in [9.17, 15) is 0 Å². The molecule has 1 aliphatic rings. The van der Waals surface area contributed by atoms with Crippen LogP contribution in [0.25, 0.3) is 0 Å². The number of nitrogens with zero attached hydrogens (tertiary/aromatic N) is 2. The highest BCUT2D eigenvalue weighted by molar-refractivity contribution is 4.98. The molecule has 114 valence electrons. The normalized spacial score (nSPS) is 19.7. The molecule has 0 aromatic carbocycles. The second-order valence-corrected chi connectivity index (χ2v) is 6.29. The van der Waals surface area contributed by atoms with E-state index in [1.54, 1.807) is 7.11 Å². The van der Waals surface area contributed by atoms with Gasteiger partial charge in [-0.25, -0.2) is 0 Å². The van der Waals surface area contributed by atoms with Crippen LogP contribution in [0, 0.1) is 0 Å². The lowest BCUT2D eigenvalue weighted by atomic mass is 9.75. The van der Waals surface area contributed by atoms with E-state index in [1.165, 1.54) is 25.8 Å². The zero-order chi connectivity index (χ0) is 14.3. The molecule has 1 rings (SSSR count). The van der Waals surface area contributed by atoms with Crippen LogP contribution >= 0.6 is 0 Å². The van der Waals surface area contributed by atoms with E-state index >= 15 is 0 Å². The van der Waals surface area contributed by atoms with Gasteiger partial charge in [-0.15, -0.1) is 0 Å². The van der Waals surface area contributed by atoms with Crippen LogP contribution in [-0.2, 0) is 4.74 Å². The molecule has 0 bridgehead atoms. The summed E-state index contributed by atoms with van der Waals surface area (Å²) in [7, 11) is 8.46. The first kappa shape index (κ1) is 16.9. The molecule has 4 nitrogen and oxygen atoms in total. The van der Waals surface area contributed by atoms with Crippen LogP contribution in [0.3, 0.4) is 0 Å². The second kappa shape index (κ2) is 8.20. The van der Waals surface area contributed by atoms with E-state index < -0.39 is 0 Å². The van der Waals surface area contributed by atoms with Gasteiger partial charge in [0, 0.05) is 38.4 Å². The highest BCUT2D eigenvalue weighted by atomic mass is 16.5. The highest BCUT2D eigenvalue weighted by Crippen LogP contribution is 2.36. The van der Waals surface area contributed by atoms with Gasteiger partial charge in [0.1, 0.15) is 0 Å². The maximum atomic E-state index is 5.05. The molecule has 0 spiro atoms. The number of likely N-dealkylation sites (N-methyl/N-ethyl adjacent to an activating group) is 2. The average Bonchev–Trinajstić information content (AvgIpc) is 2.32. The van der Waals surface area contributed by atoms with Gasteiger partial charge in [-0.2, -0.15) is 0 Å². The molecule has 1 aliphatic carbocycles. The summed E-state index contributed by atoms with van der Waals surface area (Å²) in [5.41, 5.74) is 0.430. The van der Waals surface area contributed by atoms with E-state index in [0.29, 0.717) is 11.6 Å². The monoisotopic (exact) mass is 271 g/mol. The summed E-state index contributed by atoms with van der Waals surface area (Å²) < 4.78 is 5.05. The minimum atomic E-state index is 0.430. The molecule has 0 radical (unpaired) electrons. The Morgan fingerprint density at radius 2 is 1.95 bits per heavy atom. The fourth-order valence-corrected chi connectivity index (χ4v) is 2.76. The van der Waals surface area contributed by atoms with Crippen molar-refractivity contribution < 1.29 is 4.74 Å². The molecule has 1 fully saturated rings. The van der Waals surface area contributed by atoms with Crippen molar-refractivity contribution in [2.45, 2.75) is 44.2 Å². The molecule has 0 heterocycles. The highest BCUT2D eigenvalue weighted by Gasteiger charge is 2.40. The Balaban J connectivity index is 2.22. The third-order valence-electron chi connectivity index (χ3n) is 4.67. The Kier molecular flexibility index (Phi) is 7.29. The Hall–Kier alpha value is -0.160. The fraction of sp³-hybridized carbons (Fsp3) is 1.00. The zero-order valence-electron chi connectivity index (χ0n) is 13.5. The van der Waals surface area contributed by atoms with Crippen LogP contribution in [0.1, 0.15) is 32.6 Å². The van der Waals surface area contributed by atoms with Crippen LogP contribution in [0.15, 0.2) is 0 Å². The fourth-order valence-electron chi connectivity index (χ4n) is 2.76. The number of ether oxygens (including phenoxy) is 1. The van der Waals surface area contributed by atoms with Gasteiger partial charge in [0.05, 0.1) is 0 Å². The lowest BCUT2D eigenvalue weighted by Crippen LogP contribution is -2.58. The van der Waals surface area contributed by atoms with E-state index in [-0.39, 0.29) is 0 Å². The van der Waals surface area contributed by atoms with Crippen molar-refractivity contribution in [2.24, 2.45) is 0 Å². The van der Waals surface area contributed by atoms with Crippen molar-refractivity contribution in [3.8, 4) is 0 Å². The van der Waals surface area contributed by atoms with Crippen LogP contribution in [0.4, 0.5) is 0 Å². The van der Waals surface area contributed by atoms with Crippen molar-refractivity contribution in [2.75, 3.05) is 54.5 Å². The van der Waals surface area contributed by atoms with E-state index in [0.717, 1.165) is 26.1 Å². The smallest absolute Gasteiger partial charge is 0.0474 e. The number of hydrogen-bond donors (Lipinski definition) is 1. The largest absolute Gasteiger partial charge is 0.385 e. The van der Waals surface area contributed by atoms with Gasteiger partial charge < -0.3 is 19.9 Å². The summed E-state index contributed by atoms with van der Waals surface area (Å²) in [4.78, 5) is 4.92. The molecule has 19 heavy (non-hydrogen) atoms. The predicted molar refractivity (Wildman–Crippen MR) is 81.7 cm³/mol. The second-order valence-electron chi connectivity index (χ2n) is 6.29.